The number of benzene rings is 2. The van der Waals surface area contributed by atoms with E-state index in [0.29, 0.717) is 5.65 Å². The van der Waals surface area contributed by atoms with Gasteiger partial charge in [-0.05, 0) is 42.5 Å². The Morgan fingerprint density at radius 2 is 1.85 bits per heavy atom. The van der Waals surface area contributed by atoms with E-state index in [0.717, 1.165) is 0 Å². The number of aromatic nitrogens is 5. The predicted molar refractivity (Wildman–Crippen MR) is 146 cm³/mol. The molecule has 14 heteroatoms. The average Bonchev–Trinajstić information content (AvgIpc) is 3.53. The van der Waals surface area contributed by atoms with Gasteiger partial charge < -0.3 is 19.7 Å². The van der Waals surface area contributed by atoms with Gasteiger partial charge in [-0.25, -0.2) is 9.50 Å². The number of alkyl halides is 2. The summed E-state index contributed by atoms with van der Waals surface area (Å²) in [5.41, 5.74) is 1.24. The normalized spacial score (nSPS) is 11.1. The van der Waals surface area contributed by atoms with Gasteiger partial charge in [-0.15, -0.1) is 0 Å². The van der Waals surface area contributed by atoms with Crippen molar-refractivity contribution in [3.63, 3.8) is 0 Å². The lowest BCUT2D eigenvalue weighted by Gasteiger charge is -2.15. The number of fused-ring (bicyclic) bond motifs is 1. The fourth-order valence-corrected chi connectivity index (χ4v) is 4.22. The maximum atomic E-state index is 13.3. The standard InChI is InChI=1S/C27H22ClF2N7O4/c1-35(2)26(39)17-11-15(5-7-20(17)28)40-16-6-8-22(41-27(29)30)18(12-16)23-21(14-36(3)34-23)33-25(38)19-13-32-37-10-4-9-31-24(19)37/h4-14,27H,1-3H3,(H,33,38). The zero-order valence-electron chi connectivity index (χ0n) is 21.9. The van der Waals surface area contributed by atoms with Gasteiger partial charge in [-0.1, -0.05) is 11.6 Å². The summed E-state index contributed by atoms with van der Waals surface area (Å²) in [6.45, 7) is -3.12. The lowest BCUT2D eigenvalue weighted by atomic mass is 10.1. The Morgan fingerprint density at radius 1 is 1.10 bits per heavy atom. The van der Waals surface area contributed by atoms with Crippen LogP contribution in [0.15, 0.2) is 67.3 Å². The Labute approximate surface area is 236 Å². The number of halogens is 3. The number of ether oxygens (including phenoxy) is 2. The summed E-state index contributed by atoms with van der Waals surface area (Å²) in [5.74, 6) is -0.544. The Morgan fingerprint density at radius 3 is 2.61 bits per heavy atom. The van der Waals surface area contributed by atoms with Crippen LogP contribution >= 0.6 is 11.6 Å². The highest BCUT2D eigenvalue weighted by molar-refractivity contribution is 6.33. The van der Waals surface area contributed by atoms with Gasteiger partial charge in [0.1, 0.15) is 28.5 Å². The SMILES string of the molecule is CN(C)C(=O)c1cc(Oc2ccc(OC(F)F)c(-c3nn(C)cc3NC(=O)c3cnn4cccnc34)c2)ccc1Cl. The minimum absolute atomic E-state index is 0.121. The van der Waals surface area contributed by atoms with Gasteiger partial charge in [0.15, 0.2) is 5.65 Å². The van der Waals surface area contributed by atoms with Gasteiger partial charge in [-0.2, -0.15) is 19.0 Å². The number of aryl methyl sites for hydroxylation is 1. The molecular formula is C27H22ClF2N7O4. The minimum atomic E-state index is -3.12. The number of carbonyl (C=O) groups is 2. The van der Waals surface area contributed by atoms with Crippen molar-refractivity contribution in [3.05, 3.63) is 83.4 Å². The molecule has 0 saturated heterocycles. The summed E-state index contributed by atoms with van der Waals surface area (Å²) in [7, 11) is 4.80. The van der Waals surface area contributed by atoms with Crippen LogP contribution in [0.5, 0.6) is 17.2 Å². The van der Waals surface area contributed by atoms with Crippen LogP contribution in [0.25, 0.3) is 16.9 Å². The van der Waals surface area contributed by atoms with Crippen molar-refractivity contribution in [1.29, 1.82) is 0 Å². The largest absolute Gasteiger partial charge is 0.457 e. The van der Waals surface area contributed by atoms with Crippen molar-refractivity contribution < 1.29 is 27.8 Å². The van der Waals surface area contributed by atoms with Crippen LogP contribution in [-0.4, -0.2) is 61.8 Å². The van der Waals surface area contributed by atoms with E-state index in [4.69, 9.17) is 21.1 Å². The molecule has 0 saturated carbocycles. The topological polar surface area (TPSA) is 116 Å². The Hall–Kier alpha value is -5.04. The van der Waals surface area contributed by atoms with E-state index >= 15 is 0 Å². The molecule has 5 aromatic rings. The molecule has 3 heterocycles. The molecule has 0 aliphatic heterocycles. The van der Waals surface area contributed by atoms with Crippen molar-refractivity contribution in [1.82, 2.24) is 29.3 Å². The molecule has 0 spiro atoms. The number of amides is 2. The summed E-state index contributed by atoms with van der Waals surface area (Å²) < 4.78 is 40.2. The molecule has 1 N–H and O–H groups in total. The summed E-state index contributed by atoms with van der Waals surface area (Å²) in [5, 5.41) is 11.5. The molecule has 11 nitrogen and oxygen atoms in total. The molecule has 41 heavy (non-hydrogen) atoms. The maximum Gasteiger partial charge on any atom is 0.387 e. The second-order valence-corrected chi connectivity index (χ2v) is 9.35. The second-order valence-electron chi connectivity index (χ2n) is 8.95. The van der Waals surface area contributed by atoms with Crippen LogP contribution in [0.2, 0.25) is 5.02 Å². The number of carbonyl (C=O) groups excluding carboxylic acids is 2. The molecule has 0 bridgehead atoms. The minimum Gasteiger partial charge on any atom is -0.457 e. The van der Waals surface area contributed by atoms with Gasteiger partial charge in [0.2, 0.25) is 0 Å². The number of rotatable bonds is 8. The van der Waals surface area contributed by atoms with E-state index in [1.54, 1.807) is 39.5 Å². The van der Waals surface area contributed by atoms with Crippen molar-refractivity contribution in [2.45, 2.75) is 6.61 Å². The fourth-order valence-electron chi connectivity index (χ4n) is 4.02. The first-order valence-corrected chi connectivity index (χ1v) is 12.4. The first-order valence-electron chi connectivity index (χ1n) is 12.0. The molecule has 210 valence electrons. The first kappa shape index (κ1) is 27.5. The van der Waals surface area contributed by atoms with Crippen LogP contribution in [0.3, 0.4) is 0 Å². The smallest absolute Gasteiger partial charge is 0.387 e. The van der Waals surface area contributed by atoms with Gasteiger partial charge >= 0.3 is 6.61 Å². The lowest BCUT2D eigenvalue weighted by Crippen LogP contribution is -2.21. The maximum absolute atomic E-state index is 13.3. The summed E-state index contributed by atoms with van der Waals surface area (Å²) >= 11 is 6.20. The zero-order chi connectivity index (χ0) is 29.3. The molecule has 0 aliphatic carbocycles. The molecule has 0 unspecified atom stereocenters. The number of hydrogen-bond acceptors (Lipinski definition) is 7. The molecule has 5 rings (SSSR count). The number of nitrogens with one attached hydrogen (secondary N) is 1. The molecule has 0 atom stereocenters. The third-order valence-electron chi connectivity index (χ3n) is 5.83. The van der Waals surface area contributed by atoms with Crippen molar-refractivity contribution in [2.75, 3.05) is 19.4 Å². The lowest BCUT2D eigenvalue weighted by molar-refractivity contribution is -0.0494. The van der Waals surface area contributed by atoms with Crippen LogP contribution < -0.4 is 14.8 Å². The molecule has 0 aliphatic rings. The highest BCUT2D eigenvalue weighted by atomic mass is 35.5. The molecule has 0 fully saturated rings. The fraction of sp³-hybridized carbons (Fsp3) is 0.148. The van der Waals surface area contributed by atoms with E-state index in [-0.39, 0.29) is 56.3 Å². The predicted octanol–water partition coefficient (Wildman–Crippen LogP) is 5.13. The first-order chi connectivity index (χ1) is 19.6. The van der Waals surface area contributed by atoms with Crippen LogP contribution in [0.1, 0.15) is 20.7 Å². The Balaban J connectivity index is 1.51. The molecule has 0 radical (unpaired) electrons. The Bertz CT molecular complexity index is 1770. The third-order valence-corrected chi connectivity index (χ3v) is 6.16. The highest BCUT2D eigenvalue weighted by Crippen LogP contribution is 2.39. The van der Waals surface area contributed by atoms with Crippen LogP contribution in [0, 0.1) is 0 Å². The highest BCUT2D eigenvalue weighted by Gasteiger charge is 2.22. The Kier molecular flexibility index (Phi) is 7.53. The molecule has 3 aromatic heterocycles. The monoisotopic (exact) mass is 581 g/mol. The summed E-state index contributed by atoms with van der Waals surface area (Å²) in [4.78, 5) is 31.2. The number of anilines is 1. The van der Waals surface area contributed by atoms with Crippen molar-refractivity contribution >= 4 is 34.7 Å². The van der Waals surface area contributed by atoms with Crippen molar-refractivity contribution in [2.24, 2.45) is 7.05 Å². The molecule has 2 amide bonds. The van der Waals surface area contributed by atoms with Gasteiger partial charge in [0.25, 0.3) is 11.8 Å². The molecule has 2 aromatic carbocycles. The van der Waals surface area contributed by atoms with E-state index in [9.17, 15) is 18.4 Å². The van der Waals surface area contributed by atoms with E-state index in [2.05, 4.69) is 20.5 Å². The van der Waals surface area contributed by atoms with Gasteiger partial charge in [0, 0.05) is 39.7 Å². The van der Waals surface area contributed by atoms with Gasteiger partial charge in [-0.3, -0.25) is 14.3 Å². The zero-order valence-corrected chi connectivity index (χ0v) is 22.6. The van der Waals surface area contributed by atoms with Crippen LogP contribution in [-0.2, 0) is 7.05 Å². The number of hydrogen-bond donors (Lipinski definition) is 1. The molecular weight excluding hydrogens is 560 g/mol. The van der Waals surface area contributed by atoms with Gasteiger partial charge in [0.05, 0.1) is 28.0 Å². The third kappa shape index (κ3) is 5.79. The average molecular weight is 582 g/mol. The van der Waals surface area contributed by atoms with E-state index in [1.165, 1.54) is 63.0 Å². The van der Waals surface area contributed by atoms with E-state index in [1.807, 2.05) is 0 Å². The van der Waals surface area contributed by atoms with Crippen LogP contribution in [0.4, 0.5) is 14.5 Å². The van der Waals surface area contributed by atoms with E-state index < -0.39 is 12.5 Å². The van der Waals surface area contributed by atoms with Crippen molar-refractivity contribution in [3.8, 4) is 28.5 Å². The number of nitrogens with zero attached hydrogens (tertiary/aromatic N) is 6. The summed E-state index contributed by atoms with van der Waals surface area (Å²) in [6.07, 6.45) is 6.07. The summed E-state index contributed by atoms with van der Waals surface area (Å²) in [6, 6.07) is 10.4. The second kappa shape index (κ2) is 11.2. The quantitative estimate of drug-likeness (QED) is 0.270.